The minimum atomic E-state index is -0.596. The van der Waals surface area contributed by atoms with Gasteiger partial charge in [0.2, 0.25) is 0 Å². The van der Waals surface area contributed by atoms with Gasteiger partial charge in [0.25, 0.3) is 5.91 Å². The number of hydrogen-bond donors (Lipinski definition) is 1. The third kappa shape index (κ3) is 2.80. The molecule has 1 aromatic heterocycles. The van der Waals surface area contributed by atoms with E-state index in [1.165, 1.54) is 23.5 Å². The van der Waals surface area contributed by atoms with Crippen molar-refractivity contribution < 1.29 is 13.6 Å². The van der Waals surface area contributed by atoms with Crippen LogP contribution in [0.3, 0.4) is 0 Å². The average Bonchev–Trinajstić information content (AvgIpc) is 2.84. The second-order valence-corrected chi connectivity index (χ2v) is 6.35. The summed E-state index contributed by atoms with van der Waals surface area (Å²) in [6.45, 7) is 0. The second-order valence-electron chi connectivity index (χ2n) is 5.03. The third-order valence-corrected chi connectivity index (χ3v) is 5.12. The smallest absolute Gasteiger partial charge is 0.263 e. The van der Waals surface area contributed by atoms with Gasteiger partial charge >= 0.3 is 0 Å². The lowest BCUT2D eigenvalue weighted by atomic mass is 9.75. The Labute approximate surface area is 129 Å². The second kappa shape index (κ2) is 5.73. The van der Waals surface area contributed by atoms with E-state index in [2.05, 4.69) is 5.32 Å². The summed E-state index contributed by atoms with van der Waals surface area (Å²) in [5, 5.41) is 5.04. The summed E-state index contributed by atoms with van der Waals surface area (Å²) in [4.78, 5) is 12.6. The molecule has 1 amide bonds. The normalized spacial score (nSPS) is 20.9. The molecule has 1 saturated carbocycles. The number of thiophene rings is 1. The fraction of sp³-hybridized carbons (Fsp3) is 0.267. The molecule has 1 aliphatic rings. The number of carbonyl (C=O) groups excluding carboxylic acids is 1. The molecule has 1 aliphatic carbocycles. The number of amides is 1. The van der Waals surface area contributed by atoms with E-state index < -0.39 is 11.6 Å². The SMILES string of the molecule is O=C(N[C@H]1CC[C@H]1c1ccc(F)cc1F)c1sccc1Cl. The summed E-state index contributed by atoms with van der Waals surface area (Å²) in [5.41, 5.74) is 0.449. The van der Waals surface area contributed by atoms with Gasteiger partial charge in [-0.3, -0.25) is 4.79 Å². The molecule has 2 aromatic rings. The summed E-state index contributed by atoms with van der Waals surface area (Å²) in [6, 6.07) is 5.09. The van der Waals surface area contributed by atoms with Crippen molar-refractivity contribution in [1.29, 1.82) is 0 Å². The van der Waals surface area contributed by atoms with Gasteiger partial charge in [0.05, 0.1) is 5.02 Å². The van der Waals surface area contributed by atoms with Gasteiger partial charge < -0.3 is 5.32 Å². The molecule has 0 bridgehead atoms. The molecule has 0 spiro atoms. The average molecular weight is 328 g/mol. The predicted octanol–water partition coefficient (Wildman–Crippen LogP) is 4.36. The summed E-state index contributed by atoms with van der Waals surface area (Å²) in [5.74, 6) is -1.52. The standard InChI is InChI=1S/C15H12ClF2NOS/c16-11-5-6-21-14(11)15(20)19-13-4-3-10(13)9-2-1-8(17)7-12(9)18/h1-2,5-7,10,13H,3-4H2,(H,19,20)/t10-,13-/m0/s1. The Bertz CT molecular complexity index is 688. The molecule has 2 nitrogen and oxygen atoms in total. The van der Waals surface area contributed by atoms with Gasteiger partial charge in [0, 0.05) is 18.0 Å². The molecule has 1 aromatic carbocycles. The Morgan fingerprint density at radius 2 is 2.10 bits per heavy atom. The molecule has 0 radical (unpaired) electrons. The van der Waals surface area contributed by atoms with E-state index >= 15 is 0 Å². The van der Waals surface area contributed by atoms with Crippen molar-refractivity contribution >= 4 is 28.8 Å². The summed E-state index contributed by atoms with van der Waals surface area (Å²) < 4.78 is 26.7. The monoisotopic (exact) mass is 327 g/mol. The highest BCUT2D eigenvalue weighted by Gasteiger charge is 2.35. The summed E-state index contributed by atoms with van der Waals surface area (Å²) >= 11 is 7.19. The van der Waals surface area contributed by atoms with Crippen molar-refractivity contribution in [2.75, 3.05) is 0 Å². The lowest BCUT2D eigenvalue weighted by molar-refractivity contribution is 0.0908. The highest BCUT2D eigenvalue weighted by molar-refractivity contribution is 7.12. The van der Waals surface area contributed by atoms with Gasteiger partial charge in [-0.05, 0) is 35.9 Å². The highest BCUT2D eigenvalue weighted by Crippen LogP contribution is 2.38. The first-order valence-electron chi connectivity index (χ1n) is 6.55. The number of nitrogens with one attached hydrogen (secondary N) is 1. The molecule has 3 rings (SSSR count). The Morgan fingerprint density at radius 3 is 2.67 bits per heavy atom. The van der Waals surface area contributed by atoms with Crippen molar-refractivity contribution in [2.45, 2.75) is 24.8 Å². The van der Waals surface area contributed by atoms with Crippen LogP contribution in [0.15, 0.2) is 29.6 Å². The maximum atomic E-state index is 13.8. The lowest BCUT2D eigenvalue weighted by Gasteiger charge is -2.37. The fourth-order valence-electron chi connectivity index (χ4n) is 2.54. The van der Waals surface area contributed by atoms with E-state index in [1.807, 2.05) is 0 Å². The molecule has 1 heterocycles. The molecular formula is C15H12ClF2NOS. The zero-order chi connectivity index (χ0) is 15.0. The van der Waals surface area contributed by atoms with Crippen molar-refractivity contribution in [3.63, 3.8) is 0 Å². The maximum absolute atomic E-state index is 13.8. The Balaban J connectivity index is 1.73. The van der Waals surface area contributed by atoms with Crippen molar-refractivity contribution in [3.8, 4) is 0 Å². The number of benzene rings is 1. The topological polar surface area (TPSA) is 29.1 Å². The quantitative estimate of drug-likeness (QED) is 0.892. The Kier molecular flexibility index (Phi) is 3.95. The first-order chi connectivity index (χ1) is 10.1. The summed E-state index contributed by atoms with van der Waals surface area (Å²) in [6.07, 6.45) is 1.54. The largest absolute Gasteiger partial charge is 0.348 e. The van der Waals surface area contributed by atoms with Crippen LogP contribution in [-0.2, 0) is 0 Å². The zero-order valence-corrected chi connectivity index (χ0v) is 12.5. The van der Waals surface area contributed by atoms with Crippen LogP contribution in [0.5, 0.6) is 0 Å². The summed E-state index contributed by atoms with van der Waals surface area (Å²) in [7, 11) is 0. The first-order valence-corrected chi connectivity index (χ1v) is 7.81. The number of carbonyl (C=O) groups is 1. The van der Waals surface area contributed by atoms with E-state index in [0.717, 1.165) is 18.9 Å². The molecular weight excluding hydrogens is 316 g/mol. The van der Waals surface area contributed by atoms with Crippen LogP contribution in [0.4, 0.5) is 8.78 Å². The van der Waals surface area contributed by atoms with Gasteiger partial charge in [-0.15, -0.1) is 11.3 Å². The van der Waals surface area contributed by atoms with E-state index in [9.17, 15) is 13.6 Å². The minimum Gasteiger partial charge on any atom is -0.348 e. The van der Waals surface area contributed by atoms with Crippen LogP contribution < -0.4 is 5.32 Å². The van der Waals surface area contributed by atoms with Gasteiger partial charge in [0.15, 0.2) is 0 Å². The number of rotatable bonds is 3. The van der Waals surface area contributed by atoms with Crippen LogP contribution in [0.2, 0.25) is 5.02 Å². The van der Waals surface area contributed by atoms with Crippen LogP contribution >= 0.6 is 22.9 Å². The Hall–Kier alpha value is -1.46. The molecule has 0 aliphatic heterocycles. The maximum Gasteiger partial charge on any atom is 0.263 e. The highest BCUT2D eigenvalue weighted by atomic mass is 35.5. The molecule has 110 valence electrons. The van der Waals surface area contributed by atoms with Crippen LogP contribution in [0, 0.1) is 11.6 Å². The molecule has 21 heavy (non-hydrogen) atoms. The number of halogens is 3. The fourth-order valence-corrected chi connectivity index (χ4v) is 3.58. The lowest BCUT2D eigenvalue weighted by Crippen LogP contribution is -2.45. The molecule has 0 unspecified atom stereocenters. The van der Waals surface area contributed by atoms with Crippen molar-refractivity contribution in [1.82, 2.24) is 5.32 Å². The van der Waals surface area contributed by atoms with Crippen molar-refractivity contribution in [2.24, 2.45) is 0 Å². The van der Waals surface area contributed by atoms with E-state index in [1.54, 1.807) is 11.4 Å². The number of hydrogen-bond acceptors (Lipinski definition) is 2. The minimum absolute atomic E-state index is 0.117. The van der Waals surface area contributed by atoms with E-state index in [-0.39, 0.29) is 17.9 Å². The van der Waals surface area contributed by atoms with Crippen LogP contribution in [0.25, 0.3) is 0 Å². The van der Waals surface area contributed by atoms with Crippen molar-refractivity contribution in [3.05, 3.63) is 56.7 Å². The first kappa shape index (κ1) is 14.5. The molecule has 1 fully saturated rings. The van der Waals surface area contributed by atoms with Gasteiger partial charge in [-0.1, -0.05) is 17.7 Å². The molecule has 0 saturated heterocycles. The molecule has 6 heteroatoms. The molecule has 2 atom stereocenters. The predicted molar refractivity (Wildman–Crippen MR) is 78.9 cm³/mol. The van der Waals surface area contributed by atoms with E-state index in [0.29, 0.717) is 15.5 Å². The van der Waals surface area contributed by atoms with Crippen LogP contribution in [-0.4, -0.2) is 11.9 Å². The Morgan fingerprint density at radius 1 is 1.29 bits per heavy atom. The van der Waals surface area contributed by atoms with Gasteiger partial charge in [-0.25, -0.2) is 8.78 Å². The van der Waals surface area contributed by atoms with Gasteiger partial charge in [0.1, 0.15) is 16.5 Å². The molecule has 1 N–H and O–H groups in total. The third-order valence-electron chi connectivity index (χ3n) is 3.78. The van der Waals surface area contributed by atoms with Crippen LogP contribution in [0.1, 0.15) is 34.0 Å². The van der Waals surface area contributed by atoms with Gasteiger partial charge in [-0.2, -0.15) is 0 Å². The zero-order valence-electron chi connectivity index (χ0n) is 10.9. The van der Waals surface area contributed by atoms with E-state index in [4.69, 9.17) is 11.6 Å².